The fourth-order valence-electron chi connectivity index (χ4n) is 1.42. The van der Waals surface area contributed by atoms with Crippen molar-refractivity contribution < 1.29 is 35.8 Å². The van der Waals surface area contributed by atoms with Crippen LogP contribution in [0.25, 0.3) is 0 Å². The second-order valence-corrected chi connectivity index (χ2v) is 4.17. The summed E-state index contributed by atoms with van der Waals surface area (Å²) in [7, 11) is 0. The van der Waals surface area contributed by atoms with E-state index in [9.17, 15) is 26.3 Å². The highest BCUT2D eigenvalue weighted by Crippen LogP contribution is 2.37. The molecule has 0 bridgehead atoms. The molecule has 3 nitrogen and oxygen atoms in total. The molecule has 0 heterocycles. The first-order valence-corrected chi connectivity index (χ1v) is 5.87. The number of anilines is 1. The van der Waals surface area contributed by atoms with Gasteiger partial charge in [0.2, 0.25) is 0 Å². The van der Waals surface area contributed by atoms with Crippen molar-refractivity contribution in [1.29, 1.82) is 0 Å². The monoisotopic (exact) mass is 317 g/mol. The van der Waals surface area contributed by atoms with E-state index in [4.69, 9.17) is 10.5 Å². The summed E-state index contributed by atoms with van der Waals surface area (Å²) in [6.45, 7) is 2.03. The van der Waals surface area contributed by atoms with Gasteiger partial charge < -0.3 is 15.2 Å². The quantitative estimate of drug-likeness (QED) is 0.661. The predicted molar refractivity (Wildman–Crippen MR) is 63.2 cm³/mol. The fraction of sp³-hybridized carbons (Fsp3) is 0.500. The molecule has 0 fully saturated rings. The van der Waals surface area contributed by atoms with Gasteiger partial charge in [0, 0.05) is 23.9 Å². The number of halogens is 6. The van der Waals surface area contributed by atoms with Crippen molar-refractivity contribution in [2.45, 2.75) is 31.8 Å². The van der Waals surface area contributed by atoms with Crippen LogP contribution in [0.1, 0.15) is 13.3 Å². The zero-order valence-corrected chi connectivity index (χ0v) is 10.9. The minimum Gasteiger partial charge on any atom is -0.493 e. The standard InChI is InChI=1S/C12H13F6NO2/c1-2-3-20-8-4-7(19)5-9(6-8)21-10(11(13,14)15)12(16,17)18/h4-6,10H,2-3,19H2,1H3. The Morgan fingerprint density at radius 3 is 2.00 bits per heavy atom. The summed E-state index contributed by atoms with van der Waals surface area (Å²) in [6, 6.07) is 3.07. The zero-order valence-electron chi connectivity index (χ0n) is 10.9. The van der Waals surface area contributed by atoms with Crippen molar-refractivity contribution in [3.8, 4) is 11.5 Å². The van der Waals surface area contributed by atoms with Crippen molar-refractivity contribution in [3.63, 3.8) is 0 Å². The summed E-state index contributed by atoms with van der Waals surface area (Å²) in [5.74, 6) is -0.629. The van der Waals surface area contributed by atoms with E-state index in [2.05, 4.69) is 4.74 Å². The number of nitrogens with two attached hydrogens (primary N) is 1. The molecule has 0 aliphatic heterocycles. The molecule has 0 amide bonds. The first-order valence-electron chi connectivity index (χ1n) is 5.87. The highest BCUT2D eigenvalue weighted by atomic mass is 19.4. The SMILES string of the molecule is CCCOc1cc(N)cc(OC(C(F)(F)F)C(F)(F)F)c1. The lowest BCUT2D eigenvalue weighted by Crippen LogP contribution is -2.46. The lowest BCUT2D eigenvalue weighted by atomic mass is 10.2. The molecule has 0 saturated heterocycles. The minimum atomic E-state index is -5.59. The molecule has 2 N–H and O–H groups in total. The molecule has 0 atom stereocenters. The Morgan fingerprint density at radius 2 is 1.52 bits per heavy atom. The number of ether oxygens (including phenoxy) is 2. The molecule has 9 heteroatoms. The fourth-order valence-corrected chi connectivity index (χ4v) is 1.42. The van der Waals surface area contributed by atoms with E-state index in [0.29, 0.717) is 6.42 Å². The molecule has 0 aliphatic rings. The van der Waals surface area contributed by atoms with Gasteiger partial charge in [0.1, 0.15) is 11.5 Å². The van der Waals surface area contributed by atoms with E-state index in [1.165, 1.54) is 6.07 Å². The van der Waals surface area contributed by atoms with Crippen molar-refractivity contribution in [2.75, 3.05) is 12.3 Å². The van der Waals surface area contributed by atoms with Crippen LogP contribution in [-0.4, -0.2) is 25.1 Å². The Hall–Kier alpha value is -1.80. The second kappa shape index (κ2) is 6.31. The summed E-state index contributed by atoms with van der Waals surface area (Å²) >= 11 is 0. The van der Waals surface area contributed by atoms with Gasteiger partial charge in [-0.05, 0) is 6.42 Å². The first-order chi connectivity index (χ1) is 9.54. The molecule has 1 aromatic carbocycles. The van der Waals surface area contributed by atoms with Crippen LogP contribution in [0.2, 0.25) is 0 Å². The van der Waals surface area contributed by atoms with Gasteiger partial charge in [0.05, 0.1) is 6.61 Å². The topological polar surface area (TPSA) is 44.5 Å². The Bertz CT molecular complexity index is 458. The summed E-state index contributed by atoms with van der Waals surface area (Å²) in [5.41, 5.74) is 5.33. The van der Waals surface area contributed by atoms with Crippen molar-refractivity contribution in [2.24, 2.45) is 0 Å². The number of rotatable bonds is 5. The molecule has 0 aliphatic carbocycles. The maximum absolute atomic E-state index is 12.4. The van der Waals surface area contributed by atoms with Crippen molar-refractivity contribution in [1.82, 2.24) is 0 Å². The van der Waals surface area contributed by atoms with Crippen LogP contribution in [0.5, 0.6) is 11.5 Å². The molecule has 0 unspecified atom stereocenters. The molecule has 0 aromatic heterocycles. The molecule has 21 heavy (non-hydrogen) atoms. The third kappa shape index (κ3) is 5.24. The van der Waals surface area contributed by atoms with E-state index in [0.717, 1.165) is 12.1 Å². The summed E-state index contributed by atoms with van der Waals surface area (Å²) in [4.78, 5) is 0. The predicted octanol–water partition coefficient (Wildman–Crippen LogP) is 3.93. The molecule has 0 radical (unpaired) electrons. The number of benzene rings is 1. The van der Waals surface area contributed by atoms with Crippen LogP contribution in [0, 0.1) is 0 Å². The summed E-state index contributed by atoms with van der Waals surface area (Å²) < 4.78 is 83.5. The van der Waals surface area contributed by atoms with Gasteiger partial charge in [-0.15, -0.1) is 0 Å². The number of hydrogen-bond acceptors (Lipinski definition) is 3. The van der Waals surface area contributed by atoms with Gasteiger partial charge in [-0.25, -0.2) is 0 Å². The average molecular weight is 317 g/mol. The van der Waals surface area contributed by atoms with Crippen molar-refractivity contribution >= 4 is 5.69 Å². The van der Waals surface area contributed by atoms with E-state index in [1.54, 1.807) is 6.92 Å². The zero-order chi connectivity index (χ0) is 16.3. The van der Waals surface area contributed by atoms with Crippen LogP contribution < -0.4 is 15.2 Å². The molecular weight excluding hydrogens is 304 g/mol. The maximum atomic E-state index is 12.4. The lowest BCUT2D eigenvalue weighted by Gasteiger charge is -2.24. The normalized spacial score (nSPS) is 12.6. The van der Waals surface area contributed by atoms with Crippen LogP contribution in [0.15, 0.2) is 18.2 Å². The number of alkyl halides is 6. The van der Waals surface area contributed by atoms with Crippen LogP contribution in [0.3, 0.4) is 0 Å². The second-order valence-electron chi connectivity index (χ2n) is 4.17. The number of hydrogen-bond donors (Lipinski definition) is 1. The van der Waals surface area contributed by atoms with E-state index in [1.807, 2.05) is 0 Å². The largest absolute Gasteiger partial charge is 0.493 e. The van der Waals surface area contributed by atoms with Crippen molar-refractivity contribution in [3.05, 3.63) is 18.2 Å². The molecule has 0 spiro atoms. The highest BCUT2D eigenvalue weighted by Gasteiger charge is 2.59. The Morgan fingerprint density at radius 1 is 1.00 bits per heavy atom. The van der Waals surface area contributed by atoms with E-state index in [-0.39, 0.29) is 18.0 Å². The molecule has 1 rings (SSSR count). The number of nitrogen functional groups attached to an aromatic ring is 1. The molecular formula is C12H13F6NO2. The molecule has 1 aromatic rings. The Labute approximate surface area is 116 Å². The van der Waals surface area contributed by atoms with E-state index >= 15 is 0 Å². The molecule has 120 valence electrons. The Balaban J connectivity index is 3.01. The van der Waals surface area contributed by atoms with Gasteiger partial charge >= 0.3 is 12.4 Å². The van der Waals surface area contributed by atoms with Crippen LogP contribution in [0.4, 0.5) is 32.0 Å². The van der Waals surface area contributed by atoms with Crippen LogP contribution in [-0.2, 0) is 0 Å². The van der Waals surface area contributed by atoms with Crippen LogP contribution >= 0.6 is 0 Å². The van der Waals surface area contributed by atoms with Gasteiger partial charge in [-0.3, -0.25) is 0 Å². The third-order valence-corrected chi connectivity index (χ3v) is 2.22. The Kier molecular flexibility index (Phi) is 5.19. The smallest absolute Gasteiger partial charge is 0.434 e. The summed E-state index contributed by atoms with van der Waals surface area (Å²) in [6.07, 6.45) is -14.5. The average Bonchev–Trinajstić information content (AvgIpc) is 2.30. The summed E-state index contributed by atoms with van der Waals surface area (Å²) in [5, 5.41) is 0. The molecule has 0 saturated carbocycles. The van der Waals surface area contributed by atoms with Gasteiger partial charge in [0.25, 0.3) is 6.10 Å². The van der Waals surface area contributed by atoms with Gasteiger partial charge in [-0.2, -0.15) is 26.3 Å². The third-order valence-electron chi connectivity index (χ3n) is 2.22. The first kappa shape index (κ1) is 17.3. The van der Waals surface area contributed by atoms with Gasteiger partial charge in [0.15, 0.2) is 0 Å². The van der Waals surface area contributed by atoms with E-state index < -0.39 is 24.2 Å². The van der Waals surface area contributed by atoms with Gasteiger partial charge in [-0.1, -0.05) is 6.92 Å². The minimum absolute atomic E-state index is 0.0370. The lowest BCUT2D eigenvalue weighted by molar-refractivity contribution is -0.299. The maximum Gasteiger partial charge on any atom is 0.434 e. The highest BCUT2D eigenvalue weighted by molar-refractivity contribution is 5.50.